The molecule has 0 aliphatic heterocycles. The predicted octanol–water partition coefficient (Wildman–Crippen LogP) is 16.1. The van der Waals surface area contributed by atoms with Gasteiger partial charge < -0.3 is 13.7 Å². The molecule has 3 nitrogen and oxygen atoms in total. The Morgan fingerprint density at radius 2 is 0.952 bits per heavy atom. The van der Waals surface area contributed by atoms with Crippen molar-refractivity contribution in [2.24, 2.45) is 0 Å². The fraction of sp³-hybridized carbons (Fsp3) is 0.0169. The summed E-state index contributed by atoms with van der Waals surface area (Å²) in [6, 6.07) is 81.0. The van der Waals surface area contributed by atoms with Crippen LogP contribution in [0.5, 0.6) is 0 Å². The third-order valence-electron chi connectivity index (χ3n) is 13.1. The summed E-state index contributed by atoms with van der Waals surface area (Å²) in [4.78, 5) is 2.45. The van der Waals surface area contributed by atoms with Crippen LogP contribution in [0.4, 0.5) is 17.1 Å². The zero-order valence-electron chi connectivity index (χ0n) is 33.6. The largest absolute Gasteiger partial charge is 0.456 e. The van der Waals surface area contributed by atoms with Crippen LogP contribution in [0.25, 0.3) is 76.9 Å². The van der Waals surface area contributed by atoms with Crippen LogP contribution >= 0.6 is 0 Å². The van der Waals surface area contributed by atoms with Crippen LogP contribution in [0, 0.1) is 0 Å². The highest BCUT2D eigenvalue weighted by Gasteiger charge is 2.47. The summed E-state index contributed by atoms with van der Waals surface area (Å²) in [5.74, 6) is 0. The molecule has 1 aliphatic carbocycles. The topological polar surface area (TPSA) is 29.5 Å². The fourth-order valence-electron chi connectivity index (χ4n) is 10.6. The molecule has 0 radical (unpaired) electrons. The summed E-state index contributed by atoms with van der Waals surface area (Å²) < 4.78 is 13.3. The van der Waals surface area contributed by atoms with E-state index in [1.54, 1.807) is 0 Å². The lowest BCUT2D eigenvalue weighted by Crippen LogP contribution is -2.28. The number of nitrogens with zero attached hydrogens (tertiary/aromatic N) is 1. The molecule has 290 valence electrons. The maximum Gasteiger partial charge on any atom is 0.143 e. The molecule has 13 rings (SSSR count). The average molecular weight is 792 g/mol. The van der Waals surface area contributed by atoms with E-state index in [0.29, 0.717) is 0 Å². The van der Waals surface area contributed by atoms with Gasteiger partial charge in [-0.15, -0.1) is 0 Å². The molecule has 3 heteroatoms. The third-order valence-corrected chi connectivity index (χ3v) is 13.1. The summed E-state index contributed by atoms with van der Waals surface area (Å²) >= 11 is 0. The lowest BCUT2D eigenvalue weighted by atomic mass is 9.68. The van der Waals surface area contributed by atoms with Crippen molar-refractivity contribution in [3.05, 3.63) is 247 Å². The molecule has 0 fully saturated rings. The molecule has 0 saturated heterocycles. The van der Waals surface area contributed by atoms with E-state index in [-0.39, 0.29) is 0 Å². The van der Waals surface area contributed by atoms with Gasteiger partial charge in [0.1, 0.15) is 22.3 Å². The molecule has 2 aromatic heterocycles. The number of hydrogen-bond donors (Lipinski definition) is 0. The Hall–Kier alpha value is -8.14. The lowest BCUT2D eigenvalue weighted by molar-refractivity contribution is 0.669. The molecule has 62 heavy (non-hydrogen) atoms. The number of para-hydroxylation sites is 2. The second-order valence-corrected chi connectivity index (χ2v) is 16.3. The van der Waals surface area contributed by atoms with Crippen molar-refractivity contribution in [3.63, 3.8) is 0 Å². The van der Waals surface area contributed by atoms with E-state index in [1.807, 2.05) is 6.07 Å². The van der Waals surface area contributed by atoms with Gasteiger partial charge in [0.15, 0.2) is 0 Å². The molecule has 0 bridgehead atoms. The van der Waals surface area contributed by atoms with Gasteiger partial charge in [0.25, 0.3) is 0 Å². The fourth-order valence-corrected chi connectivity index (χ4v) is 10.6. The van der Waals surface area contributed by atoms with Gasteiger partial charge in [0, 0.05) is 38.4 Å². The van der Waals surface area contributed by atoms with Crippen LogP contribution in [-0.4, -0.2) is 0 Å². The van der Waals surface area contributed by atoms with E-state index in [0.717, 1.165) is 77.5 Å². The number of furan rings is 2. The Morgan fingerprint density at radius 3 is 1.77 bits per heavy atom. The van der Waals surface area contributed by atoms with Crippen LogP contribution in [0.15, 0.2) is 233 Å². The highest BCUT2D eigenvalue weighted by molar-refractivity contribution is 6.18. The Morgan fingerprint density at radius 1 is 0.355 bits per heavy atom. The van der Waals surface area contributed by atoms with Gasteiger partial charge in [-0.05, 0) is 81.2 Å². The minimum Gasteiger partial charge on any atom is -0.456 e. The predicted molar refractivity (Wildman–Crippen MR) is 256 cm³/mol. The first-order valence-electron chi connectivity index (χ1n) is 21.3. The molecule has 0 unspecified atom stereocenters. The summed E-state index contributed by atoms with van der Waals surface area (Å²) in [5, 5.41) is 6.70. The van der Waals surface area contributed by atoms with Gasteiger partial charge in [-0.2, -0.15) is 0 Å². The normalized spacial score (nSPS) is 13.0. The summed E-state index contributed by atoms with van der Waals surface area (Å²) in [6.07, 6.45) is 0. The van der Waals surface area contributed by atoms with Crippen molar-refractivity contribution in [3.8, 4) is 22.3 Å². The van der Waals surface area contributed by atoms with E-state index >= 15 is 0 Å². The number of rotatable bonds is 6. The van der Waals surface area contributed by atoms with Gasteiger partial charge >= 0.3 is 0 Å². The zero-order valence-corrected chi connectivity index (χ0v) is 33.6. The Labute approximate surface area is 358 Å². The highest BCUT2D eigenvalue weighted by Crippen LogP contribution is 2.60. The SMILES string of the molecule is c1ccc(C2(c3ccccc3)c3ccccc3-c3c(N(c4ccc(-c5cccc6c5oc5c7ccccc7ccc65)cc4)c4cccc5oc6ccccc6c45)cccc32)cc1. The number of anilines is 3. The van der Waals surface area contributed by atoms with Crippen LogP contribution in [0.2, 0.25) is 0 Å². The molecule has 2 heterocycles. The van der Waals surface area contributed by atoms with Crippen molar-refractivity contribution in [2.45, 2.75) is 5.41 Å². The smallest absolute Gasteiger partial charge is 0.143 e. The van der Waals surface area contributed by atoms with Gasteiger partial charge in [0.2, 0.25) is 0 Å². The maximum atomic E-state index is 6.80. The average Bonchev–Trinajstić information content (AvgIpc) is 4.02. The first-order chi connectivity index (χ1) is 30.8. The van der Waals surface area contributed by atoms with E-state index in [2.05, 4.69) is 223 Å². The molecule has 10 aromatic carbocycles. The number of fused-ring (bicyclic) bond motifs is 11. The molecule has 0 saturated carbocycles. The van der Waals surface area contributed by atoms with E-state index in [1.165, 1.54) is 38.8 Å². The first-order valence-corrected chi connectivity index (χ1v) is 21.3. The Balaban J connectivity index is 1.07. The number of hydrogen-bond acceptors (Lipinski definition) is 3. The minimum atomic E-state index is -0.537. The molecule has 12 aromatic rings. The minimum absolute atomic E-state index is 0.537. The second-order valence-electron chi connectivity index (χ2n) is 16.3. The maximum absolute atomic E-state index is 6.80. The molecular formula is C59H37NO2. The summed E-state index contributed by atoms with van der Waals surface area (Å²) in [5.41, 5.74) is 15.8. The summed E-state index contributed by atoms with van der Waals surface area (Å²) in [6.45, 7) is 0. The van der Waals surface area contributed by atoms with Crippen LogP contribution in [-0.2, 0) is 5.41 Å². The molecule has 0 N–H and O–H groups in total. The van der Waals surface area contributed by atoms with E-state index in [9.17, 15) is 0 Å². The molecule has 1 aliphatic rings. The third kappa shape index (κ3) is 4.88. The van der Waals surface area contributed by atoms with Crippen molar-refractivity contribution >= 4 is 71.7 Å². The zero-order chi connectivity index (χ0) is 40.8. The van der Waals surface area contributed by atoms with Crippen molar-refractivity contribution in [2.75, 3.05) is 4.90 Å². The lowest BCUT2D eigenvalue weighted by Gasteiger charge is -2.34. The highest BCUT2D eigenvalue weighted by atomic mass is 16.3. The van der Waals surface area contributed by atoms with Crippen LogP contribution in [0.3, 0.4) is 0 Å². The summed E-state index contributed by atoms with van der Waals surface area (Å²) in [7, 11) is 0. The Kier molecular flexibility index (Phi) is 7.52. The standard InChI is InChI=1S/C59H37NO2/c1-3-17-40(18-4-1)59(41-19-5-2-6-20-41)49-26-11-9-22-47(49)55-50(59)27-14-28-51(55)60(52-29-15-31-54-56(52)48-23-10-12-30-53(48)61-54)42-35-32-39(33-36-42)44-24-13-25-45-46-37-34-38-16-7-8-21-43(38)58(46)62-57(44)45/h1-37H. The second kappa shape index (κ2) is 13.4. The quantitative estimate of drug-likeness (QED) is 0.168. The van der Waals surface area contributed by atoms with Gasteiger partial charge in [-0.25, -0.2) is 0 Å². The van der Waals surface area contributed by atoms with Crippen LogP contribution in [0.1, 0.15) is 22.3 Å². The van der Waals surface area contributed by atoms with Crippen molar-refractivity contribution in [1.29, 1.82) is 0 Å². The molecule has 0 spiro atoms. The van der Waals surface area contributed by atoms with Crippen molar-refractivity contribution < 1.29 is 8.83 Å². The van der Waals surface area contributed by atoms with Gasteiger partial charge in [0.05, 0.1) is 22.2 Å². The monoisotopic (exact) mass is 791 g/mol. The molecule has 0 amide bonds. The first kappa shape index (κ1) is 34.7. The molecular weight excluding hydrogens is 755 g/mol. The van der Waals surface area contributed by atoms with Crippen LogP contribution < -0.4 is 4.90 Å². The molecule has 0 atom stereocenters. The van der Waals surface area contributed by atoms with E-state index in [4.69, 9.17) is 8.83 Å². The number of benzene rings is 10. The van der Waals surface area contributed by atoms with Crippen molar-refractivity contribution in [1.82, 2.24) is 0 Å². The van der Waals surface area contributed by atoms with Gasteiger partial charge in [-0.3, -0.25) is 0 Å². The van der Waals surface area contributed by atoms with Gasteiger partial charge in [-0.1, -0.05) is 182 Å². The Bertz CT molecular complexity index is 3650. The van der Waals surface area contributed by atoms with E-state index < -0.39 is 5.41 Å².